The number of hydrogen-bond acceptors (Lipinski definition) is 3. The van der Waals surface area contributed by atoms with Gasteiger partial charge in [0, 0.05) is 13.1 Å². The second-order valence-electron chi connectivity index (χ2n) is 6.98. The molecule has 1 N–H and O–H groups in total. The van der Waals surface area contributed by atoms with Gasteiger partial charge in [-0.3, -0.25) is 14.5 Å². The third kappa shape index (κ3) is 5.35. The summed E-state index contributed by atoms with van der Waals surface area (Å²) in [5.41, 5.74) is 0.396. The number of hydrogen-bond donors (Lipinski definition) is 1. The van der Waals surface area contributed by atoms with Crippen LogP contribution in [0.2, 0.25) is 10.0 Å². The van der Waals surface area contributed by atoms with Crippen LogP contribution in [0.4, 0.5) is 5.69 Å². The van der Waals surface area contributed by atoms with Crippen molar-refractivity contribution in [1.29, 1.82) is 0 Å². The van der Waals surface area contributed by atoms with Gasteiger partial charge in [-0.05, 0) is 38.9 Å². The summed E-state index contributed by atoms with van der Waals surface area (Å²) < 4.78 is 0. The van der Waals surface area contributed by atoms with Crippen LogP contribution in [0, 0.1) is 0 Å². The SMILES string of the molecule is C[C@@H](C(=O)N(C)C1CCCCC1)N(C)CC(=O)Nc1c(Cl)cccc1Cl. The normalized spacial score (nSPS) is 16.4. The number of para-hydroxylation sites is 1. The summed E-state index contributed by atoms with van der Waals surface area (Å²) in [6, 6.07) is 4.97. The van der Waals surface area contributed by atoms with Crippen LogP contribution in [0.15, 0.2) is 18.2 Å². The van der Waals surface area contributed by atoms with Crippen LogP contribution in [-0.4, -0.2) is 54.3 Å². The van der Waals surface area contributed by atoms with E-state index in [0.717, 1.165) is 12.8 Å². The largest absolute Gasteiger partial charge is 0.341 e. The molecule has 0 aliphatic heterocycles. The van der Waals surface area contributed by atoms with Gasteiger partial charge in [-0.2, -0.15) is 0 Å². The van der Waals surface area contributed by atoms with Gasteiger partial charge in [-0.25, -0.2) is 0 Å². The summed E-state index contributed by atoms with van der Waals surface area (Å²) in [6.45, 7) is 1.91. The molecule has 5 nitrogen and oxygen atoms in total. The minimum Gasteiger partial charge on any atom is -0.341 e. The quantitative estimate of drug-likeness (QED) is 0.784. The molecule has 0 heterocycles. The summed E-state index contributed by atoms with van der Waals surface area (Å²) in [5.74, 6) is -0.217. The van der Waals surface area contributed by atoms with Crippen LogP contribution in [-0.2, 0) is 9.59 Å². The first-order valence-electron chi connectivity index (χ1n) is 9.02. The summed E-state index contributed by atoms with van der Waals surface area (Å²) in [6.07, 6.45) is 5.72. The maximum Gasteiger partial charge on any atom is 0.239 e. The van der Waals surface area contributed by atoms with Crippen molar-refractivity contribution >= 4 is 40.7 Å². The number of rotatable bonds is 6. The van der Waals surface area contributed by atoms with Crippen molar-refractivity contribution in [3.63, 3.8) is 0 Å². The van der Waals surface area contributed by atoms with Crippen molar-refractivity contribution in [3.8, 4) is 0 Å². The summed E-state index contributed by atoms with van der Waals surface area (Å²) >= 11 is 12.2. The Balaban J connectivity index is 1.92. The average molecular weight is 400 g/mol. The Morgan fingerprint density at radius 1 is 1.15 bits per heavy atom. The van der Waals surface area contributed by atoms with Crippen LogP contribution in [0.5, 0.6) is 0 Å². The first-order chi connectivity index (χ1) is 12.3. The molecule has 0 spiro atoms. The second kappa shape index (κ2) is 9.58. The van der Waals surface area contributed by atoms with Gasteiger partial charge in [0.05, 0.1) is 28.3 Å². The fourth-order valence-electron chi connectivity index (χ4n) is 3.29. The number of halogens is 2. The van der Waals surface area contributed by atoms with E-state index in [1.165, 1.54) is 19.3 Å². The minimum absolute atomic E-state index is 0.0444. The van der Waals surface area contributed by atoms with Crippen LogP contribution in [0.3, 0.4) is 0 Å². The van der Waals surface area contributed by atoms with E-state index >= 15 is 0 Å². The Labute approximate surface area is 165 Å². The van der Waals surface area contributed by atoms with Crippen molar-refractivity contribution in [2.75, 3.05) is 26.0 Å². The van der Waals surface area contributed by atoms with Crippen LogP contribution in [0.1, 0.15) is 39.0 Å². The highest BCUT2D eigenvalue weighted by Gasteiger charge is 2.28. The average Bonchev–Trinajstić information content (AvgIpc) is 2.63. The second-order valence-corrected chi connectivity index (χ2v) is 7.79. The maximum absolute atomic E-state index is 12.7. The Hall–Kier alpha value is -1.30. The van der Waals surface area contributed by atoms with Crippen LogP contribution < -0.4 is 5.32 Å². The highest BCUT2D eigenvalue weighted by molar-refractivity contribution is 6.39. The van der Waals surface area contributed by atoms with E-state index in [0.29, 0.717) is 21.8 Å². The van der Waals surface area contributed by atoms with Crippen molar-refractivity contribution in [1.82, 2.24) is 9.80 Å². The van der Waals surface area contributed by atoms with E-state index in [4.69, 9.17) is 23.2 Å². The smallest absolute Gasteiger partial charge is 0.239 e. The van der Waals surface area contributed by atoms with E-state index in [1.54, 1.807) is 30.1 Å². The van der Waals surface area contributed by atoms with Gasteiger partial charge in [0.2, 0.25) is 11.8 Å². The molecule has 0 radical (unpaired) electrons. The molecule has 1 aromatic rings. The minimum atomic E-state index is -0.380. The molecular weight excluding hydrogens is 373 g/mol. The monoisotopic (exact) mass is 399 g/mol. The number of nitrogens with zero attached hydrogens (tertiary/aromatic N) is 2. The zero-order valence-electron chi connectivity index (χ0n) is 15.6. The summed E-state index contributed by atoms with van der Waals surface area (Å²) in [4.78, 5) is 28.7. The molecule has 26 heavy (non-hydrogen) atoms. The first-order valence-corrected chi connectivity index (χ1v) is 9.77. The van der Waals surface area contributed by atoms with Crippen molar-refractivity contribution in [3.05, 3.63) is 28.2 Å². The van der Waals surface area contributed by atoms with Crippen molar-refractivity contribution < 1.29 is 9.59 Å². The third-order valence-corrected chi connectivity index (χ3v) is 5.74. The van der Waals surface area contributed by atoms with Crippen LogP contribution >= 0.6 is 23.2 Å². The lowest BCUT2D eigenvalue weighted by atomic mass is 9.94. The lowest BCUT2D eigenvalue weighted by molar-refractivity contribution is -0.137. The molecule has 1 aromatic carbocycles. The van der Waals surface area contributed by atoms with Gasteiger partial charge in [0.15, 0.2) is 0 Å². The van der Waals surface area contributed by atoms with Crippen molar-refractivity contribution in [2.45, 2.75) is 51.1 Å². The molecule has 2 rings (SSSR count). The Morgan fingerprint density at radius 3 is 2.31 bits per heavy atom. The molecule has 2 amide bonds. The molecule has 144 valence electrons. The van der Waals surface area contributed by atoms with E-state index in [1.807, 2.05) is 18.9 Å². The lowest BCUT2D eigenvalue weighted by Gasteiger charge is -2.35. The van der Waals surface area contributed by atoms with Gasteiger partial charge < -0.3 is 10.2 Å². The van der Waals surface area contributed by atoms with Gasteiger partial charge in [-0.1, -0.05) is 48.5 Å². The van der Waals surface area contributed by atoms with Crippen LogP contribution in [0.25, 0.3) is 0 Å². The van der Waals surface area contributed by atoms with Gasteiger partial charge in [0.1, 0.15) is 0 Å². The van der Waals surface area contributed by atoms with E-state index in [9.17, 15) is 9.59 Å². The molecule has 0 aromatic heterocycles. The van der Waals surface area contributed by atoms with E-state index in [2.05, 4.69) is 5.32 Å². The molecule has 1 atom stereocenters. The Bertz CT molecular complexity index is 627. The van der Waals surface area contributed by atoms with E-state index in [-0.39, 0.29) is 24.4 Å². The zero-order valence-corrected chi connectivity index (χ0v) is 17.1. The molecule has 1 saturated carbocycles. The first kappa shape index (κ1) is 21.0. The molecule has 0 unspecified atom stereocenters. The Morgan fingerprint density at radius 2 is 1.73 bits per heavy atom. The standard InChI is InChI=1S/C19H27Cl2N3O2/c1-13(19(26)24(3)14-8-5-4-6-9-14)23(2)12-17(25)22-18-15(20)10-7-11-16(18)21/h7,10-11,13-14H,4-6,8-9,12H2,1-3H3,(H,22,25)/t13-/m0/s1. The fraction of sp³-hybridized carbons (Fsp3) is 0.579. The lowest BCUT2D eigenvalue weighted by Crippen LogP contribution is -2.49. The molecule has 1 aliphatic rings. The number of carbonyl (C=O) groups is 2. The molecule has 0 saturated heterocycles. The zero-order chi connectivity index (χ0) is 19.3. The number of anilines is 1. The number of carbonyl (C=O) groups excluding carboxylic acids is 2. The highest BCUT2D eigenvalue weighted by atomic mass is 35.5. The highest BCUT2D eigenvalue weighted by Crippen LogP contribution is 2.29. The molecule has 1 aliphatic carbocycles. The molecule has 1 fully saturated rings. The number of benzene rings is 1. The maximum atomic E-state index is 12.7. The summed E-state index contributed by atoms with van der Waals surface area (Å²) in [7, 11) is 3.64. The predicted molar refractivity (Wildman–Crippen MR) is 107 cm³/mol. The topological polar surface area (TPSA) is 52.7 Å². The van der Waals surface area contributed by atoms with Gasteiger partial charge in [-0.15, -0.1) is 0 Å². The third-order valence-electron chi connectivity index (χ3n) is 5.11. The van der Waals surface area contributed by atoms with Gasteiger partial charge in [0.25, 0.3) is 0 Å². The molecular formula is C19H27Cl2N3O2. The summed E-state index contributed by atoms with van der Waals surface area (Å²) in [5, 5.41) is 3.49. The fourth-order valence-corrected chi connectivity index (χ4v) is 3.78. The number of nitrogens with one attached hydrogen (secondary N) is 1. The Kier molecular flexibility index (Phi) is 7.74. The predicted octanol–water partition coefficient (Wildman–Crippen LogP) is 4.04. The van der Waals surface area contributed by atoms with E-state index < -0.39 is 0 Å². The molecule has 7 heteroatoms. The van der Waals surface area contributed by atoms with Gasteiger partial charge >= 0.3 is 0 Å². The van der Waals surface area contributed by atoms with Crippen molar-refractivity contribution in [2.24, 2.45) is 0 Å². The molecule has 0 bridgehead atoms. The number of amides is 2. The number of likely N-dealkylation sites (N-methyl/N-ethyl adjacent to an activating group) is 2.